The molecule has 4 heteroatoms. The third-order valence-corrected chi connectivity index (χ3v) is 3.93. The average molecular weight is 295 g/mol. The van der Waals surface area contributed by atoms with Crippen molar-refractivity contribution in [3.63, 3.8) is 0 Å². The summed E-state index contributed by atoms with van der Waals surface area (Å²) in [4.78, 5) is 4.48. The van der Waals surface area contributed by atoms with Gasteiger partial charge in [-0.25, -0.2) is 4.98 Å². The third kappa shape index (κ3) is 2.38. The van der Waals surface area contributed by atoms with Crippen LogP contribution in [0.3, 0.4) is 0 Å². The molecule has 3 nitrogen and oxygen atoms in total. The predicted molar refractivity (Wildman–Crippen MR) is 70.8 cm³/mol. The molecule has 0 unspecified atom stereocenters. The van der Waals surface area contributed by atoms with E-state index >= 15 is 0 Å². The average Bonchev–Trinajstić information content (AvgIpc) is 2.95. The Morgan fingerprint density at radius 2 is 2.18 bits per heavy atom. The van der Waals surface area contributed by atoms with Crippen LogP contribution in [-0.2, 0) is 6.54 Å². The first-order valence-corrected chi connectivity index (χ1v) is 6.89. The fraction of sp³-hybridized carbons (Fsp3) is 0.462. The predicted octanol–water partition coefficient (Wildman–Crippen LogP) is 3.62. The van der Waals surface area contributed by atoms with Crippen molar-refractivity contribution in [1.82, 2.24) is 10.3 Å². The molecule has 1 aliphatic carbocycles. The van der Waals surface area contributed by atoms with Crippen LogP contribution in [0.4, 0.5) is 0 Å². The molecule has 1 aromatic carbocycles. The number of hydrogen-bond acceptors (Lipinski definition) is 3. The number of halogens is 1. The van der Waals surface area contributed by atoms with Gasteiger partial charge in [-0.3, -0.25) is 0 Å². The summed E-state index contributed by atoms with van der Waals surface area (Å²) in [6.07, 6.45) is 5.25. The van der Waals surface area contributed by atoms with Crippen molar-refractivity contribution in [2.75, 3.05) is 0 Å². The zero-order chi connectivity index (χ0) is 11.7. The van der Waals surface area contributed by atoms with Gasteiger partial charge in [0.25, 0.3) is 0 Å². The van der Waals surface area contributed by atoms with Gasteiger partial charge in [0.05, 0.1) is 11.0 Å². The minimum Gasteiger partial charge on any atom is -0.438 e. The molecule has 0 amide bonds. The van der Waals surface area contributed by atoms with Crippen molar-refractivity contribution in [3.8, 4) is 0 Å². The van der Waals surface area contributed by atoms with Crippen LogP contribution in [0.15, 0.2) is 27.1 Å². The Hall–Kier alpha value is -0.870. The Morgan fingerprint density at radius 1 is 1.35 bits per heavy atom. The van der Waals surface area contributed by atoms with Crippen LogP contribution in [0.1, 0.15) is 31.6 Å². The Bertz CT molecular complexity index is 517. The quantitative estimate of drug-likeness (QED) is 0.939. The van der Waals surface area contributed by atoms with E-state index in [1.54, 1.807) is 0 Å². The number of benzene rings is 1. The van der Waals surface area contributed by atoms with Gasteiger partial charge in [-0.2, -0.15) is 0 Å². The molecule has 0 spiro atoms. The molecular formula is C13H15BrN2O. The highest BCUT2D eigenvalue weighted by Crippen LogP contribution is 2.24. The highest BCUT2D eigenvalue weighted by molar-refractivity contribution is 9.10. The Kier molecular flexibility index (Phi) is 3.16. The zero-order valence-corrected chi connectivity index (χ0v) is 11.2. The van der Waals surface area contributed by atoms with Crippen molar-refractivity contribution >= 4 is 27.0 Å². The Labute approximate surface area is 109 Å². The van der Waals surface area contributed by atoms with Gasteiger partial charge in [0.15, 0.2) is 5.58 Å². The summed E-state index contributed by atoms with van der Waals surface area (Å²) in [6.45, 7) is 0.728. The number of oxazole rings is 1. The summed E-state index contributed by atoms with van der Waals surface area (Å²) >= 11 is 3.47. The first-order chi connectivity index (χ1) is 8.33. The molecular weight excluding hydrogens is 280 g/mol. The van der Waals surface area contributed by atoms with Crippen molar-refractivity contribution in [2.45, 2.75) is 38.3 Å². The summed E-state index contributed by atoms with van der Waals surface area (Å²) < 4.78 is 6.71. The van der Waals surface area contributed by atoms with Crippen LogP contribution < -0.4 is 5.32 Å². The Balaban J connectivity index is 1.74. The molecule has 3 rings (SSSR count). The monoisotopic (exact) mass is 294 g/mol. The topological polar surface area (TPSA) is 38.1 Å². The number of aromatic nitrogens is 1. The first-order valence-electron chi connectivity index (χ1n) is 6.10. The highest BCUT2D eigenvalue weighted by Gasteiger charge is 2.15. The maximum absolute atomic E-state index is 5.74. The van der Waals surface area contributed by atoms with E-state index in [2.05, 4.69) is 26.2 Å². The minimum atomic E-state index is 0.647. The van der Waals surface area contributed by atoms with Gasteiger partial charge in [-0.15, -0.1) is 0 Å². The fourth-order valence-electron chi connectivity index (χ4n) is 2.40. The van der Waals surface area contributed by atoms with Gasteiger partial charge in [-0.05, 0) is 40.9 Å². The molecule has 1 saturated carbocycles. The number of nitrogens with zero attached hydrogens (tertiary/aromatic N) is 1. The molecule has 90 valence electrons. The van der Waals surface area contributed by atoms with E-state index in [-0.39, 0.29) is 0 Å². The third-order valence-electron chi connectivity index (χ3n) is 3.31. The highest BCUT2D eigenvalue weighted by atomic mass is 79.9. The largest absolute Gasteiger partial charge is 0.438 e. The molecule has 1 aromatic heterocycles. The van der Waals surface area contributed by atoms with Crippen LogP contribution >= 0.6 is 15.9 Å². The van der Waals surface area contributed by atoms with Gasteiger partial charge in [0.1, 0.15) is 5.52 Å². The number of fused-ring (bicyclic) bond motifs is 1. The van der Waals surface area contributed by atoms with Gasteiger partial charge in [0.2, 0.25) is 5.89 Å². The lowest BCUT2D eigenvalue weighted by molar-refractivity contribution is 0.450. The van der Waals surface area contributed by atoms with Crippen LogP contribution in [-0.4, -0.2) is 11.0 Å². The lowest BCUT2D eigenvalue weighted by Gasteiger charge is -2.08. The summed E-state index contributed by atoms with van der Waals surface area (Å²) in [5.74, 6) is 0.777. The normalized spacial score (nSPS) is 17.0. The molecule has 1 heterocycles. The maximum atomic E-state index is 5.74. The van der Waals surface area contributed by atoms with E-state index in [4.69, 9.17) is 4.42 Å². The van der Waals surface area contributed by atoms with Crippen LogP contribution in [0, 0.1) is 0 Å². The van der Waals surface area contributed by atoms with Gasteiger partial charge < -0.3 is 9.73 Å². The van der Waals surface area contributed by atoms with Crippen LogP contribution in [0.5, 0.6) is 0 Å². The van der Waals surface area contributed by atoms with E-state index in [1.165, 1.54) is 25.7 Å². The van der Waals surface area contributed by atoms with E-state index in [9.17, 15) is 0 Å². The van der Waals surface area contributed by atoms with Crippen LogP contribution in [0.25, 0.3) is 11.1 Å². The zero-order valence-electron chi connectivity index (χ0n) is 9.58. The van der Waals surface area contributed by atoms with E-state index in [1.807, 2.05) is 18.2 Å². The van der Waals surface area contributed by atoms with E-state index < -0.39 is 0 Å². The van der Waals surface area contributed by atoms with Crippen molar-refractivity contribution in [1.29, 1.82) is 0 Å². The van der Waals surface area contributed by atoms with E-state index in [0.717, 1.165) is 28.0 Å². The summed E-state index contributed by atoms with van der Waals surface area (Å²) in [5, 5.41) is 3.51. The molecule has 17 heavy (non-hydrogen) atoms. The Morgan fingerprint density at radius 3 is 2.94 bits per heavy atom. The SMILES string of the molecule is Brc1cccc2nc(CNC3CCCC3)oc12. The number of para-hydroxylation sites is 1. The van der Waals surface area contributed by atoms with Crippen molar-refractivity contribution in [3.05, 3.63) is 28.6 Å². The standard InChI is InChI=1S/C13H15BrN2O/c14-10-6-3-7-11-13(10)17-12(16-11)8-15-9-4-1-2-5-9/h3,6-7,9,15H,1-2,4-5,8H2. The molecule has 1 N–H and O–H groups in total. The molecule has 2 aromatic rings. The molecule has 1 aliphatic rings. The lowest BCUT2D eigenvalue weighted by Crippen LogP contribution is -2.25. The first kappa shape index (κ1) is 11.2. The fourth-order valence-corrected chi connectivity index (χ4v) is 2.84. The smallest absolute Gasteiger partial charge is 0.209 e. The molecule has 0 aliphatic heterocycles. The summed E-state index contributed by atoms with van der Waals surface area (Å²) in [6, 6.07) is 6.57. The van der Waals surface area contributed by atoms with E-state index in [0.29, 0.717) is 6.04 Å². The lowest BCUT2D eigenvalue weighted by atomic mass is 10.2. The molecule has 0 radical (unpaired) electrons. The van der Waals surface area contributed by atoms with Crippen molar-refractivity contribution in [2.24, 2.45) is 0 Å². The maximum Gasteiger partial charge on any atom is 0.209 e. The second-order valence-corrected chi connectivity index (χ2v) is 5.41. The summed E-state index contributed by atoms with van der Waals surface area (Å²) in [5.41, 5.74) is 1.76. The summed E-state index contributed by atoms with van der Waals surface area (Å²) in [7, 11) is 0. The second-order valence-electron chi connectivity index (χ2n) is 4.56. The number of hydrogen-bond donors (Lipinski definition) is 1. The van der Waals surface area contributed by atoms with Gasteiger partial charge in [0, 0.05) is 6.04 Å². The molecule has 0 saturated heterocycles. The number of nitrogens with one attached hydrogen (secondary N) is 1. The second kappa shape index (κ2) is 4.78. The van der Waals surface area contributed by atoms with Gasteiger partial charge in [-0.1, -0.05) is 18.9 Å². The van der Waals surface area contributed by atoms with Crippen LogP contribution in [0.2, 0.25) is 0 Å². The van der Waals surface area contributed by atoms with Gasteiger partial charge >= 0.3 is 0 Å². The minimum absolute atomic E-state index is 0.647. The molecule has 0 atom stereocenters. The molecule has 1 fully saturated rings. The van der Waals surface area contributed by atoms with Crippen molar-refractivity contribution < 1.29 is 4.42 Å². The number of rotatable bonds is 3. The molecule has 0 bridgehead atoms.